The lowest BCUT2D eigenvalue weighted by atomic mass is 9.92. The van der Waals surface area contributed by atoms with Crippen molar-refractivity contribution in [1.82, 2.24) is 0 Å². The Morgan fingerprint density at radius 1 is 0.895 bits per heavy atom. The standard InChI is InChI=1S/C31H36O7/c32-25-13-9-23(10-14-25)24-11-15-26(16-12-24)36-29(33)18-8-22-7-17-27(37-30-5-1-3-19-34-30)28(21-22)38-31-6-2-4-20-35-31/h7,9,11-17,21,23,30-32H,1-6,8,10,18-20H2. The molecule has 0 radical (unpaired) electrons. The molecule has 2 aromatic carbocycles. The first-order chi connectivity index (χ1) is 18.6. The van der Waals surface area contributed by atoms with Gasteiger partial charge in [-0.05, 0) is 86.1 Å². The van der Waals surface area contributed by atoms with E-state index in [4.69, 9.17) is 23.7 Å². The quantitative estimate of drug-likeness (QED) is 0.298. The molecule has 2 heterocycles. The van der Waals surface area contributed by atoms with E-state index in [-0.39, 0.29) is 30.9 Å². The van der Waals surface area contributed by atoms with Crippen molar-refractivity contribution >= 4 is 5.97 Å². The molecule has 0 bridgehead atoms. The zero-order valence-electron chi connectivity index (χ0n) is 21.7. The summed E-state index contributed by atoms with van der Waals surface area (Å²) in [5.41, 5.74) is 2.07. The second-order valence-electron chi connectivity index (χ2n) is 9.98. The average molecular weight is 521 g/mol. The molecule has 5 rings (SSSR count). The Morgan fingerprint density at radius 3 is 2.24 bits per heavy atom. The van der Waals surface area contributed by atoms with Gasteiger partial charge in [-0.3, -0.25) is 4.79 Å². The highest BCUT2D eigenvalue weighted by molar-refractivity contribution is 5.72. The lowest BCUT2D eigenvalue weighted by molar-refractivity contribution is -0.134. The number of ether oxygens (including phenoxy) is 5. The predicted molar refractivity (Wildman–Crippen MR) is 142 cm³/mol. The zero-order valence-corrected chi connectivity index (χ0v) is 21.7. The van der Waals surface area contributed by atoms with Crippen LogP contribution in [-0.2, 0) is 20.7 Å². The Balaban J connectivity index is 1.17. The Labute approximate surface area is 224 Å². The van der Waals surface area contributed by atoms with Gasteiger partial charge in [0.05, 0.1) is 13.2 Å². The van der Waals surface area contributed by atoms with Crippen LogP contribution in [0.4, 0.5) is 0 Å². The van der Waals surface area contributed by atoms with Crippen LogP contribution in [0.15, 0.2) is 66.5 Å². The number of aryl methyl sites for hydroxylation is 1. The van der Waals surface area contributed by atoms with Crippen molar-refractivity contribution in [3.05, 3.63) is 77.6 Å². The lowest BCUT2D eigenvalue weighted by Crippen LogP contribution is -2.27. The minimum Gasteiger partial charge on any atom is -0.508 e. The summed E-state index contributed by atoms with van der Waals surface area (Å²) in [5, 5.41) is 9.51. The molecule has 1 N–H and O–H groups in total. The molecule has 202 valence electrons. The third kappa shape index (κ3) is 7.39. The summed E-state index contributed by atoms with van der Waals surface area (Å²) in [5.74, 6) is 1.99. The van der Waals surface area contributed by atoms with Gasteiger partial charge < -0.3 is 28.8 Å². The van der Waals surface area contributed by atoms with Gasteiger partial charge in [-0.2, -0.15) is 0 Å². The minimum absolute atomic E-state index is 0.211. The van der Waals surface area contributed by atoms with E-state index in [1.165, 1.54) is 0 Å². The van der Waals surface area contributed by atoms with Crippen LogP contribution < -0.4 is 14.2 Å². The van der Waals surface area contributed by atoms with Crippen LogP contribution in [0, 0.1) is 0 Å². The SMILES string of the molecule is O=C(CCc1ccc(OC2CCCCO2)c(OC2CCCCO2)c1)Oc1ccc(C2C=CC(O)=CC2)cc1. The molecule has 3 atom stereocenters. The van der Waals surface area contributed by atoms with Crippen LogP contribution in [0.3, 0.4) is 0 Å². The van der Waals surface area contributed by atoms with Crippen LogP contribution in [0.2, 0.25) is 0 Å². The number of hydrogen-bond donors (Lipinski definition) is 1. The number of aliphatic hydroxyl groups is 1. The first-order valence-electron chi connectivity index (χ1n) is 13.7. The number of esters is 1. The van der Waals surface area contributed by atoms with Crippen molar-refractivity contribution in [1.29, 1.82) is 0 Å². The molecule has 0 saturated carbocycles. The molecule has 0 amide bonds. The minimum atomic E-state index is -0.299. The van der Waals surface area contributed by atoms with Crippen molar-refractivity contribution in [3.8, 4) is 17.2 Å². The number of rotatable bonds is 9. The maximum atomic E-state index is 12.6. The fraction of sp³-hybridized carbons (Fsp3) is 0.452. The highest BCUT2D eigenvalue weighted by Crippen LogP contribution is 2.34. The second-order valence-corrected chi connectivity index (χ2v) is 9.98. The maximum Gasteiger partial charge on any atom is 0.311 e. The van der Waals surface area contributed by atoms with Crippen LogP contribution in [0.25, 0.3) is 0 Å². The topological polar surface area (TPSA) is 83.5 Å². The van der Waals surface area contributed by atoms with Gasteiger partial charge in [-0.25, -0.2) is 0 Å². The molecule has 2 saturated heterocycles. The maximum absolute atomic E-state index is 12.6. The van der Waals surface area contributed by atoms with Gasteiger partial charge >= 0.3 is 5.97 Å². The van der Waals surface area contributed by atoms with E-state index < -0.39 is 0 Å². The van der Waals surface area contributed by atoms with Crippen molar-refractivity contribution in [2.45, 2.75) is 76.3 Å². The van der Waals surface area contributed by atoms with Gasteiger partial charge in [0, 0.05) is 25.2 Å². The van der Waals surface area contributed by atoms with Crippen molar-refractivity contribution in [2.24, 2.45) is 0 Å². The summed E-state index contributed by atoms with van der Waals surface area (Å²) in [4.78, 5) is 12.6. The summed E-state index contributed by atoms with van der Waals surface area (Å²) < 4.78 is 29.4. The fourth-order valence-electron chi connectivity index (χ4n) is 4.86. The van der Waals surface area contributed by atoms with Gasteiger partial charge in [0.15, 0.2) is 24.1 Å². The Kier molecular flexibility index (Phi) is 8.99. The lowest BCUT2D eigenvalue weighted by Gasteiger charge is -2.27. The second kappa shape index (κ2) is 13.0. The van der Waals surface area contributed by atoms with Crippen molar-refractivity contribution in [3.63, 3.8) is 0 Å². The Bertz CT molecular complexity index is 1130. The molecule has 0 aromatic heterocycles. The molecule has 7 nitrogen and oxygen atoms in total. The summed E-state index contributed by atoms with van der Waals surface area (Å²) in [6.07, 6.45) is 12.4. The molecule has 2 aliphatic heterocycles. The molecular weight excluding hydrogens is 484 g/mol. The summed E-state index contributed by atoms with van der Waals surface area (Å²) in [7, 11) is 0. The number of hydrogen-bond acceptors (Lipinski definition) is 7. The van der Waals surface area contributed by atoms with Gasteiger partial charge in [0.2, 0.25) is 0 Å². The summed E-state index contributed by atoms with van der Waals surface area (Å²) in [6.45, 7) is 1.39. The van der Waals surface area contributed by atoms with E-state index in [9.17, 15) is 9.90 Å². The third-order valence-corrected chi connectivity index (χ3v) is 7.04. The predicted octanol–water partition coefficient (Wildman–Crippen LogP) is 6.52. The largest absolute Gasteiger partial charge is 0.508 e. The molecule has 7 heteroatoms. The number of carbonyl (C=O) groups excluding carboxylic acids is 1. The van der Waals surface area contributed by atoms with Gasteiger partial charge in [-0.1, -0.05) is 24.3 Å². The van der Waals surface area contributed by atoms with Crippen LogP contribution in [0.1, 0.15) is 68.4 Å². The third-order valence-electron chi connectivity index (χ3n) is 7.04. The highest BCUT2D eigenvalue weighted by atomic mass is 16.7. The van der Waals surface area contributed by atoms with E-state index >= 15 is 0 Å². The van der Waals surface area contributed by atoms with Gasteiger partial charge in [-0.15, -0.1) is 0 Å². The van der Waals surface area contributed by atoms with Crippen LogP contribution in [0.5, 0.6) is 17.2 Å². The normalized spacial score (nSPS) is 23.4. The van der Waals surface area contributed by atoms with E-state index in [2.05, 4.69) is 0 Å². The molecule has 38 heavy (non-hydrogen) atoms. The average Bonchev–Trinajstić information content (AvgIpc) is 2.95. The van der Waals surface area contributed by atoms with Gasteiger partial charge in [0.25, 0.3) is 0 Å². The first kappa shape index (κ1) is 26.3. The number of carbonyl (C=O) groups is 1. The molecular formula is C31H36O7. The highest BCUT2D eigenvalue weighted by Gasteiger charge is 2.22. The van der Waals surface area contributed by atoms with E-state index in [1.807, 2.05) is 48.5 Å². The monoisotopic (exact) mass is 520 g/mol. The van der Waals surface area contributed by atoms with E-state index in [0.29, 0.717) is 42.6 Å². The molecule has 2 aromatic rings. The van der Waals surface area contributed by atoms with Crippen LogP contribution in [-0.4, -0.2) is 36.9 Å². The van der Waals surface area contributed by atoms with Crippen molar-refractivity contribution < 1.29 is 33.6 Å². The summed E-state index contributed by atoms with van der Waals surface area (Å²) >= 11 is 0. The molecule has 2 fully saturated rings. The molecule has 1 aliphatic carbocycles. The molecule has 0 spiro atoms. The van der Waals surface area contributed by atoms with E-state index in [0.717, 1.165) is 56.1 Å². The number of allylic oxidation sites excluding steroid dienone is 3. The molecule has 3 aliphatic rings. The summed E-state index contributed by atoms with van der Waals surface area (Å²) in [6, 6.07) is 13.3. The number of benzene rings is 2. The van der Waals surface area contributed by atoms with Crippen LogP contribution >= 0.6 is 0 Å². The van der Waals surface area contributed by atoms with E-state index in [1.54, 1.807) is 12.2 Å². The van der Waals surface area contributed by atoms with Crippen molar-refractivity contribution in [2.75, 3.05) is 13.2 Å². The Morgan fingerprint density at radius 2 is 1.61 bits per heavy atom. The Hall–Kier alpha value is -3.29. The fourth-order valence-corrected chi connectivity index (χ4v) is 4.86. The smallest absolute Gasteiger partial charge is 0.311 e. The zero-order chi connectivity index (χ0) is 26.2. The molecule has 3 unspecified atom stereocenters. The number of aliphatic hydroxyl groups excluding tert-OH is 1. The first-order valence-corrected chi connectivity index (χ1v) is 13.7. The van der Waals surface area contributed by atoms with Gasteiger partial charge in [0.1, 0.15) is 11.5 Å².